The van der Waals surface area contributed by atoms with Crippen molar-refractivity contribution in [2.75, 3.05) is 6.61 Å². The molecule has 0 spiro atoms. The van der Waals surface area contributed by atoms with Gasteiger partial charge in [-0.1, -0.05) is 36.8 Å². The number of hydrogen-bond acceptors (Lipinski definition) is 2. The van der Waals surface area contributed by atoms with Gasteiger partial charge in [-0.15, -0.1) is 0 Å². The van der Waals surface area contributed by atoms with Crippen molar-refractivity contribution in [3.63, 3.8) is 0 Å². The summed E-state index contributed by atoms with van der Waals surface area (Å²) < 4.78 is 0. The van der Waals surface area contributed by atoms with Crippen LogP contribution in [0.2, 0.25) is 0 Å². The first-order chi connectivity index (χ1) is 8.64. The molecule has 1 N–H and O–H groups in total. The van der Waals surface area contributed by atoms with Crippen LogP contribution in [0.25, 0.3) is 0 Å². The van der Waals surface area contributed by atoms with Gasteiger partial charge >= 0.3 is 0 Å². The molecule has 0 bridgehead atoms. The summed E-state index contributed by atoms with van der Waals surface area (Å²) in [4.78, 5) is 4.03. The maximum atomic E-state index is 9.78. The van der Waals surface area contributed by atoms with Gasteiger partial charge in [0.2, 0.25) is 0 Å². The Morgan fingerprint density at radius 1 is 1.17 bits per heavy atom. The molecular weight excluding hydrogens is 222 g/mol. The van der Waals surface area contributed by atoms with Gasteiger partial charge in [-0.2, -0.15) is 0 Å². The van der Waals surface area contributed by atoms with E-state index in [1.807, 2.05) is 18.2 Å². The number of aromatic nitrogens is 1. The van der Waals surface area contributed by atoms with Gasteiger partial charge in [-0.25, -0.2) is 0 Å². The van der Waals surface area contributed by atoms with E-state index >= 15 is 0 Å². The second kappa shape index (κ2) is 5.32. The Labute approximate surface area is 108 Å². The van der Waals surface area contributed by atoms with Gasteiger partial charge in [-0.05, 0) is 36.6 Å². The first kappa shape index (κ1) is 12.8. The Morgan fingerprint density at radius 3 is 2.50 bits per heavy atom. The molecule has 0 fully saturated rings. The first-order valence-corrected chi connectivity index (χ1v) is 6.21. The summed E-state index contributed by atoms with van der Waals surface area (Å²) in [7, 11) is 0. The molecule has 94 valence electrons. The van der Waals surface area contributed by atoms with Crippen LogP contribution in [0.4, 0.5) is 0 Å². The molecule has 1 atom stereocenters. The third-order valence-electron chi connectivity index (χ3n) is 3.41. The number of rotatable bonds is 4. The van der Waals surface area contributed by atoms with Gasteiger partial charge in [-0.3, -0.25) is 4.98 Å². The zero-order chi connectivity index (χ0) is 13.0. The lowest BCUT2D eigenvalue weighted by Gasteiger charge is -2.28. The molecule has 0 saturated heterocycles. The topological polar surface area (TPSA) is 33.1 Å². The van der Waals surface area contributed by atoms with Crippen LogP contribution in [-0.2, 0) is 11.8 Å². The summed E-state index contributed by atoms with van der Waals surface area (Å²) in [6.45, 7) is 4.31. The van der Waals surface area contributed by atoms with Crippen molar-refractivity contribution in [3.8, 4) is 0 Å². The van der Waals surface area contributed by atoms with Crippen LogP contribution in [0, 0.1) is 6.92 Å². The fourth-order valence-electron chi connectivity index (χ4n) is 2.22. The minimum atomic E-state index is -0.243. The molecule has 1 heterocycles. The standard InChI is InChI=1S/C16H19NO/c1-13-4-3-5-15(10-13)16(2,12-18)11-14-6-8-17-9-7-14/h3-10,18H,11-12H2,1-2H3. The number of nitrogens with zero attached hydrogens (tertiary/aromatic N) is 1. The Bertz CT molecular complexity index is 510. The number of aryl methyl sites for hydroxylation is 1. The SMILES string of the molecule is Cc1cccc(C(C)(CO)Cc2ccncc2)c1. The highest BCUT2D eigenvalue weighted by Gasteiger charge is 2.26. The predicted octanol–water partition coefficient (Wildman–Crippen LogP) is 2.88. The van der Waals surface area contributed by atoms with E-state index in [4.69, 9.17) is 0 Å². The van der Waals surface area contributed by atoms with Gasteiger partial charge in [0.25, 0.3) is 0 Å². The van der Waals surface area contributed by atoms with Crippen LogP contribution in [0.15, 0.2) is 48.8 Å². The van der Waals surface area contributed by atoms with Crippen LogP contribution in [0.5, 0.6) is 0 Å². The Hall–Kier alpha value is -1.67. The maximum Gasteiger partial charge on any atom is 0.0528 e. The number of pyridine rings is 1. The molecule has 0 aliphatic carbocycles. The minimum Gasteiger partial charge on any atom is -0.395 e. The molecular formula is C16H19NO. The van der Waals surface area contributed by atoms with Gasteiger partial charge in [0, 0.05) is 17.8 Å². The number of benzene rings is 1. The highest BCUT2D eigenvalue weighted by molar-refractivity contribution is 5.31. The van der Waals surface area contributed by atoms with E-state index in [1.165, 1.54) is 16.7 Å². The van der Waals surface area contributed by atoms with Crippen LogP contribution in [0.1, 0.15) is 23.6 Å². The highest BCUT2D eigenvalue weighted by Crippen LogP contribution is 2.28. The Kier molecular flexibility index (Phi) is 3.78. The van der Waals surface area contributed by atoms with Crippen molar-refractivity contribution in [1.29, 1.82) is 0 Å². The molecule has 1 aromatic carbocycles. The van der Waals surface area contributed by atoms with Crippen LogP contribution in [-0.4, -0.2) is 16.7 Å². The molecule has 2 nitrogen and oxygen atoms in total. The van der Waals surface area contributed by atoms with Gasteiger partial charge in [0.1, 0.15) is 0 Å². The average Bonchev–Trinajstić information content (AvgIpc) is 2.40. The van der Waals surface area contributed by atoms with Crippen molar-refractivity contribution in [3.05, 3.63) is 65.5 Å². The van der Waals surface area contributed by atoms with Gasteiger partial charge < -0.3 is 5.11 Å². The molecule has 1 aromatic heterocycles. The molecule has 2 heteroatoms. The average molecular weight is 241 g/mol. The monoisotopic (exact) mass is 241 g/mol. The molecule has 0 amide bonds. The third-order valence-corrected chi connectivity index (χ3v) is 3.41. The fourth-order valence-corrected chi connectivity index (χ4v) is 2.22. The summed E-state index contributed by atoms with van der Waals surface area (Å²) in [5.74, 6) is 0. The van der Waals surface area contributed by atoms with Crippen LogP contribution >= 0.6 is 0 Å². The summed E-state index contributed by atoms with van der Waals surface area (Å²) in [6, 6.07) is 12.4. The molecule has 2 rings (SSSR count). The second-order valence-corrected chi connectivity index (χ2v) is 5.12. The van der Waals surface area contributed by atoms with Crippen molar-refractivity contribution in [2.45, 2.75) is 25.7 Å². The lowest BCUT2D eigenvalue weighted by atomic mass is 9.78. The number of hydrogen-bond donors (Lipinski definition) is 1. The zero-order valence-electron chi connectivity index (χ0n) is 10.9. The second-order valence-electron chi connectivity index (χ2n) is 5.12. The van der Waals surface area contributed by atoms with E-state index in [0.29, 0.717) is 0 Å². The van der Waals surface area contributed by atoms with Crippen molar-refractivity contribution in [1.82, 2.24) is 4.98 Å². The molecule has 2 aromatic rings. The van der Waals surface area contributed by atoms with Crippen LogP contribution in [0.3, 0.4) is 0 Å². The summed E-state index contributed by atoms with van der Waals surface area (Å²) in [6.07, 6.45) is 4.40. The smallest absolute Gasteiger partial charge is 0.0528 e. The van der Waals surface area contributed by atoms with Crippen molar-refractivity contribution in [2.24, 2.45) is 0 Å². The lowest BCUT2D eigenvalue weighted by molar-refractivity contribution is 0.204. The van der Waals surface area contributed by atoms with E-state index in [2.05, 4.69) is 37.0 Å². The third kappa shape index (κ3) is 2.77. The lowest BCUT2D eigenvalue weighted by Crippen LogP contribution is -2.29. The number of aliphatic hydroxyl groups is 1. The van der Waals surface area contributed by atoms with E-state index in [0.717, 1.165) is 6.42 Å². The van der Waals surface area contributed by atoms with E-state index in [1.54, 1.807) is 12.4 Å². The molecule has 1 unspecified atom stereocenters. The van der Waals surface area contributed by atoms with Gasteiger partial charge in [0.05, 0.1) is 6.61 Å². The zero-order valence-corrected chi connectivity index (χ0v) is 10.9. The van der Waals surface area contributed by atoms with E-state index < -0.39 is 0 Å². The molecule has 0 radical (unpaired) electrons. The minimum absolute atomic E-state index is 0.138. The molecule has 0 saturated carbocycles. The van der Waals surface area contributed by atoms with E-state index in [-0.39, 0.29) is 12.0 Å². The fraction of sp³-hybridized carbons (Fsp3) is 0.312. The Balaban J connectivity index is 2.31. The Morgan fingerprint density at radius 2 is 1.89 bits per heavy atom. The quantitative estimate of drug-likeness (QED) is 0.893. The predicted molar refractivity (Wildman–Crippen MR) is 73.6 cm³/mol. The first-order valence-electron chi connectivity index (χ1n) is 6.21. The number of aliphatic hydroxyl groups excluding tert-OH is 1. The summed E-state index contributed by atoms with van der Waals surface area (Å²) in [5, 5.41) is 9.78. The maximum absolute atomic E-state index is 9.78. The molecule has 18 heavy (non-hydrogen) atoms. The van der Waals surface area contributed by atoms with Crippen LogP contribution < -0.4 is 0 Å². The highest BCUT2D eigenvalue weighted by atomic mass is 16.3. The van der Waals surface area contributed by atoms with Gasteiger partial charge in [0.15, 0.2) is 0 Å². The summed E-state index contributed by atoms with van der Waals surface area (Å²) in [5.41, 5.74) is 3.36. The van der Waals surface area contributed by atoms with E-state index in [9.17, 15) is 5.11 Å². The summed E-state index contributed by atoms with van der Waals surface area (Å²) >= 11 is 0. The molecule has 0 aliphatic heterocycles. The largest absolute Gasteiger partial charge is 0.395 e. The normalized spacial score (nSPS) is 14.2. The molecule has 0 aliphatic rings. The van der Waals surface area contributed by atoms with Crippen molar-refractivity contribution >= 4 is 0 Å². The van der Waals surface area contributed by atoms with Crippen molar-refractivity contribution < 1.29 is 5.11 Å².